The number of nitrogen functional groups attached to an aromatic ring is 1. The van der Waals surface area contributed by atoms with Crippen LogP contribution in [0.2, 0.25) is 0 Å². The van der Waals surface area contributed by atoms with Gasteiger partial charge in [-0.2, -0.15) is 0 Å². The van der Waals surface area contributed by atoms with Crippen LogP contribution in [0.4, 0.5) is 17.1 Å². The van der Waals surface area contributed by atoms with Crippen LogP contribution in [-0.4, -0.2) is 31.2 Å². The molecule has 20 heavy (non-hydrogen) atoms. The van der Waals surface area contributed by atoms with Crippen molar-refractivity contribution in [3.05, 3.63) is 17.7 Å². The maximum atomic E-state index is 11.2. The minimum absolute atomic E-state index is 0.116. The summed E-state index contributed by atoms with van der Waals surface area (Å²) in [6.07, 6.45) is 0.389. The predicted octanol–water partition coefficient (Wildman–Crippen LogP) is 2.15. The van der Waals surface area contributed by atoms with E-state index in [0.717, 1.165) is 24.3 Å². The first-order valence-corrected chi connectivity index (χ1v) is 6.95. The van der Waals surface area contributed by atoms with Crippen molar-refractivity contribution in [1.29, 1.82) is 0 Å². The van der Waals surface area contributed by atoms with E-state index in [1.807, 2.05) is 19.1 Å². The molecule has 110 valence electrons. The van der Waals surface area contributed by atoms with Crippen molar-refractivity contribution in [2.75, 3.05) is 29.0 Å². The van der Waals surface area contributed by atoms with Crippen LogP contribution in [-0.2, 0) is 9.53 Å². The summed E-state index contributed by atoms with van der Waals surface area (Å²) in [6, 6.07) is 3.86. The van der Waals surface area contributed by atoms with Gasteiger partial charge in [0.2, 0.25) is 5.91 Å². The Morgan fingerprint density at radius 3 is 2.50 bits per heavy atom. The molecule has 0 radical (unpaired) electrons. The zero-order valence-electron chi connectivity index (χ0n) is 12.6. The van der Waals surface area contributed by atoms with E-state index in [4.69, 9.17) is 10.5 Å². The van der Waals surface area contributed by atoms with Gasteiger partial charge in [-0.05, 0) is 38.5 Å². The number of hydrogen-bond donors (Lipinski definition) is 2. The molecule has 2 atom stereocenters. The molecule has 1 saturated heterocycles. The molecule has 0 spiro atoms. The second kappa shape index (κ2) is 5.71. The topological polar surface area (TPSA) is 67.6 Å². The van der Waals surface area contributed by atoms with Crippen LogP contribution in [0.5, 0.6) is 0 Å². The molecule has 1 aromatic carbocycles. The molecule has 0 saturated carbocycles. The first kappa shape index (κ1) is 14.7. The molecule has 1 aliphatic rings. The molecule has 0 aromatic heterocycles. The number of benzene rings is 1. The number of nitrogens with one attached hydrogen (secondary N) is 1. The Morgan fingerprint density at radius 2 is 1.95 bits per heavy atom. The molecule has 1 heterocycles. The Kier molecular flexibility index (Phi) is 4.18. The van der Waals surface area contributed by atoms with Crippen LogP contribution in [0, 0.1) is 6.92 Å². The normalized spacial score (nSPS) is 22.7. The molecule has 0 bridgehead atoms. The van der Waals surface area contributed by atoms with Gasteiger partial charge >= 0.3 is 0 Å². The Bertz CT molecular complexity index is 506. The average Bonchev–Trinajstić information content (AvgIpc) is 2.30. The van der Waals surface area contributed by atoms with Crippen molar-refractivity contribution >= 4 is 23.0 Å². The molecule has 3 N–H and O–H groups in total. The van der Waals surface area contributed by atoms with Gasteiger partial charge in [0.05, 0.1) is 23.6 Å². The summed E-state index contributed by atoms with van der Waals surface area (Å²) in [5, 5.41) is 2.78. The third kappa shape index (κ3) is 3.22. The fraction of sp³-hybridized carbons (Fsp3) is 0.533. The number of amides is 1. The second-order valence-electron chi connectivity index (χ2n) is 5.57. The minimum atomic E-state index is -0.116. The van der Waals surface area contributed by atoms with Gasteiger partial charge in [-0.1, -0.05) is 0 Å². The summed E-state index contributed by atoms with van der Waals surface area (Å²) in [5.74, 6) is -0.116. The predicted molar refractivity (Wildman–Crippen MR) is 82.1 cm³/mol. The van der Waals surface area contributed by atoms with E-state index in [1.54, 1.807) is 0 Å². The first-order chi connectivity index (χ1) is 9.36. The van der Waals surface area contributed by atoms with E-state index in [-0.39, 0.29) is 18.1 Å². The van der Waals surface area contributed by atoms with E-state index in [1.165, 1.54) is 6.92 Å². The third-order valence-corrected chi connectivity index (χ3v) is 3.44. The number of rotatable bonds is 2. The van der Waals surface area contributed by atoms with E-state index < -0.39 is 0 Å². The summed E-state index contributed by atoms with van der Waals surface area (Å²) < 4.78 is 5.76. The molecule has 5 heteroatoms. The number of anilines is 3. The maximum absolute atomic E-state index is 11.2. The van der Waals surface area contributed by atoms with Crippen LogP contribution in [0.25, 0.3) is 0 Å². The molecule has 1 amide bonds. The Balaban J connectivity index is 2.32. The van der Waals surface area contributed by atoms with E-state index >= 15 is 0 Å². The number of carbonyl (C=O) groups excluding carboxylic acids is 1. The van der Waals surface area contributed by atoms with Gasteiger partial charge in [0.25, 0.3) is 0 Å². The number of carbonyl (C=O) groups is 1. The van der Waals surface area contributed by atoms with Gasteiger partial charge in [0.15, 0.2) is 0 Å². The number of nitrogens with zero attached hydrogens (tertiary/aromatic N) is 1. The van der Waals surface area contributed by atoms with Gasteiger partial charge in [0, 0.05) is 25.7 Å². The van der Waals surface area contributed by atoms with Crippen molar-refractivity contribution in [2.24, 2.45) is 0 Å². The third-order valence-electron chi connectivity index (χ3n) is 3.44. The fourth-order valence-corrected chi connectivity index (χ4v) is 2.73. The van der Waals surface area contributed by atoms with E-state index in [2.05, 4.69) is 24.1 Å². The molecule has 2 rings (SSSR count). The number of nitrogens with two attached hydrogens (primary N) is 1. The smallest absolute Gasteiger partial charge is 0.221 e. The summed E-state index contributed by atoms with van der Waals surface area (Å²) >= 11 is 0. The molecule has 1 aliphatic heterocycles. The molecular weight excluding hydrogens is 254 g/mol. The zero-order valence-corrected chi connectivity index (χ0v) is 12.6. The van der Waals surface area contributed by atoms with E-state index in [9.17, 15) is 4.79 Å². The van der Waals surface area contributed by atoms with Crippen LogP contribution in [0.15, 0.2) is 12.1 Å². The van der Waals surface area contributed by atoms with Crippen LogP contribution in [0.3, 0.4) is 0 Å². The van der Waals surface area contributed by atoms with Crippen molar-refractivity contribution in [3.8, 4) is 0 Å². The van der Waals surface area contributed by atoms with Gasteiger partial charge in [0.1, 0.15) is 0 Å². The summed E-state index contributed by atoms with van der Waals surface area (Å²) in [6.45, 7) is 9.35. The molecule has 0 unspecified atom stereocenters. The minimum Gasteiger partial charge on any atom is -0.397 e. The lowest BCUT2D eigenvalue weighted by molar-refractivity contribution is -0.114. The molecule has 0 aliphatic carbocycles. The highest BCUT2D eigenvalue weighted by atomic mass is 16.5. The van der Waals surface area contributed by atoms with Crippen molar-refractivity contribution in [1.82, 2.24) is 0 Å². The molecule has 5 nitrogen and oxygen atoms in total. The second-order valence-corrected chi connectivity index (χ2v) is 5.57. The van der Waals surface area contributed by atoms with Crippen molar-refractivity contribution < 1.29 is 9.53 Å². The highest BCUT2D eigenvalue weighted by Crippen LogP contribution is 2.31. The summed E-state index contributed by atoms with van der Waals surface area (Å²) in [7, 11) is 0. The van der Waals surface area contributed by atoms with Crippen LogP contribution < -0.4 is 16.0 Å². The molecule has 1 fully saturated rings. The zero-order chi connectivity index (χ0) is 14.9. The largest absolute Gasteiger partial charge is 0.397 e. The fourth-order valence-electron chi connectivity index (χ4n) is 2.73. The summed E-state index contributed by atoms with van der Waals surface area (Å²) in [5.41, 5.74) is 9.44. The van der Waals surface area contributed by atoms with Gasteiger partial charge in [-0.25, -0.2) is 0 Å². The van der Waals surface area contributed by atoms with Gasteiger partial charge in [-0.15, -0.1) is 0 Å². The van der Waals surface area contributed by atoms with Crippen LogP contribution >= 0.6 is 0 Å². The number of hydrogen-bond acceptors (Lipinski definition) is 4. The first-order valence-electron chi connectivity index (χ1n) is 6.95. The van der Waals surface area contributed by atoms with Gasteiger partial charge in [-0.3, -0.25) is 4.79 Å². The monoisotopic (exact) mass is 277 g/mol. The lowest BCUT2D eigenvalue weighted by Gasteiger charge is -2.37. The highest BCUT2D eigenvalue weighted by molar-refractivity contribution is 5.93. The molecular formula is C15H23N3O2. The summed E-state index contributed by atoms with van der Waals surface area (Å²) in [4.78, 5) is 13.5. The lowest BCUT2D eigenvalue weighted by atomic mass is 10.1. The SMILES string of the molecule is CC(=O)Nc1cc(N2C[C@H](C)O[C@@H](C)C2)c(C)cc1N. The van der Waals surface area contributed by atoms with Crippen molar-refractivity contribution in [3.63, 3.8) is 0 Å². The average molecular weight is 277 g/mol. The molecule has 1 aromatic rings. The quantitative estimate of drug-likeness (QED) is 0.813. The standard InChI is InChI=1S/C15H23N3O2/c1-9-5-13(16)14(17-12(4)19)6-15(9)18-7-10(2)20-11(3)8-18/h5-6,10-11H,7-8,16H2,1-4H3,(H,17,19)/t10-,11-/m0/s1. The number of ether oxygens (including phenoxy) is 1. The van der Waals surface area contributed by atoms with Crippen molar-refractivity contribution in [2.45, 2.75) is 39.9 Å². The Morgan fingerprint density at radius 1 is 1.35 bits per heavy atom. The van der Waals surface area contributed by atoms with Crippen LogP contribution in [0.1, 0.15) is 26.3 Å². The van der Waals surface area contributed by atoms with Gasteiger partial charge < -0.3 is 20.7 Å². The number of morpholine rings is 1. The highest BCUT2D eigenvalue weighted by Gasteiger charge is 2.24. The lowest BCUT2D eigenvalue weighted by Crippen LogP contribution is -2.45. The Hall–Kier alpha value is -1.75. The Labute approximate surface area is 120 Å². The number of aryl methyl sites for hydroxylation is 1. The van der Waals surface area contributed by atoms with E-state index in [0.29, 0.717) is 11.4 Å². The maximum Gasteiger partial charge on any atom is 0.221 e.